The summed E-state index contributed by atoms with van der Waals surface area (Å²) in [6, 6.07) is 21.0. The molecule has 0 atom stereocenters. The van der Waals surface area contributed by atoms with Gasteiger partial charge < -0.3 is 9.47 Å². The minimum absolute atomic E-state index is 0.177. The third kappa shape index (κ3) is 4.27. The van der Waals surface area contributed by atoms with Gasteiger partial charge in [0.05, 0.1) is 5.69 Å². The van der Waals surface area contributed by atoms with Crippen molar-refractivity contribution in [2.75, 3.05) is 11.9 Å². The van der Waals surface area contributed by atoms with Gasteiger partial charge in [0.25, 0.3) is 5.91 Å². The zero-order valence-electron chi connectivity index (χ0n) is 18.0. The van der Waals surface area contributed by atoms with E-state index >= 15 is 0 Å². The molecule has 1 aliphatic heterocycles. The number of benzene rings is 3. The van der Waals surface area contributed by atoms with Crippen LogP contribution in [-0.2, 0) is 11.3 Å². The highest BCUT2D eigenvalue weighted by atomic mass is 79.9. The fourth-order valence-corrected chi connectivity index (χ4v) is 4.95. The van der Waals surface area contributed by atoms with Crippen LogP contribution in [0.2, 0.25) is 10.0 Å². The third-order valence-electron chi connectivity index (χ3n) is 5.78. The molecule has 0 spiro atoms. The van der Waals surface area contributed by atoms with E-state index in [0.29, 0.717) is 33.1 Å². The van der Waals surface area contributed by atoms with Crippen molar-refractivity contribution >= 4 is 85.0 Å². The predicted octanol–water partition coefficient (Wildman–Crippen LogP) is 7.36. The molecular formula is C26H18BrCl2N3OS. The lowest BCUT2D eigenvalue weighted by atomic mass is 10.1. The molecule has 1 aliphatic rings. The first-order chi connectivity index (χ1) is 16.3. The van der Waals surface area contributed by atoms with Crippen molar-refractivity contribution in [3.05, 3.63) is 104 Å². The summed E-state index contributed by atoms with van der Waals surface area (Å²) in [5, 5.41) is 2.77. The van der Waals surface area contributed by atoms with Gasteiger partial charge in [-0.05, 0) is 78.5 Å². The Kier molecular flexibility index (Phi) is 6.25. The molecule has 5 rings (SSSR count). The third-order valence-corrected chi connectivity index (χ3v) is 7.23. The predicted molar refractivity (Wildman–Crippen MR) is 147 cm³/mol. The standard InChI is InChI=1S/C26H18BrCl2N3OS/c1-30-24(25(33)32(26(30)34)21-9-7-20(29)8-10-21)12-17-15-31(14-16-2-5-19(28)6-3-16)23-11-4-18(27)13-22(17)23/h2-13,15H,14H2,1H3/b24-12-. The van der Waals surface area contributed by atoms with Crippen LogP contribution in [0.15, 0.2) is 83.1 Å². The number of thiocarbonyl (C=S) groups is 1. The summed E-state index contributed by atoms with van der Waals surface area (Å²) in [4.78, 5) is 16.7. The number of aromatic nitrogens is 1. The smallest absolute Gasteiger partial charge is 0.281 e. The number of anilines is 1. The van der Waals surface area contributed by atoms with Crippen molar-refractivity contribution in [1.82, 2.24) is 9.47 Å². The lowest BCUT2D eigenvalue weighted by Gasteiger charge is -2.16. The van der Waals surface area contributed by atoms with Crippen LogP contribution in [0.3, 0.4) is 0 Å². The molecule has 0 bridgehead atoms. The second-order valence-electron chi connectivity index (χ2n) is 7.99. The van der Waals surface area contributed by atoms with Gasteiger partial charge in [-0.25, -0.2) is 0 Å². The maximum absolute atomic E-state index is 13.4. The number of hydrogen-bond acceptors (Lipinski definition) is 2. The Morgan fingerprint density at radius 2 is 1.62 bits per heavy atom. The molecule has 2 heterocycles. The topological polar surface area (TPSA) is 28.5 Å². The van der Waals surface area contributed by atoms with Crippen molar-refractivity contribution in [2.24, 2.45) is 0 Å². The number of nitrogens with zero attached hydrogens (tertiary/aromatic N) is 3. The highest BCUT2D eigenvalue weighted by Gasteiger charge is 2.37. The summed E-state index contributed by atoms with van der Waals surface area (Å²) in [5.41, 5.74) is 4.32. The number of carbonyl (C=O) groups excluding carboxylic acids is 1. The number of likely N-dealkylation sites (N-methyl/N-ethyl adjacent to an activating group) is 1. The van der Waals surface area contributed by atoms with Gasteiger partial charge in [-0.1, -0.05) is 51.3 Å². The largest absolute Gasteiger partial charge is 0.342 e. The van der Waals surface area contributed by atoms with E-state index in [0.717, 1.165) is 26.5 Å². The number of rotatable bonds is 4. The molecule has 1 aromatic heterocycles. The molecule has 1 amide bonds. The van der Waals surface area contributed by atoms with E-state index in [-0.39, 0.29) is 5.91 Å². The molecule has 0 unspecified atom stereocenters. The quantitative estimate of drug-likeness (QED) is 0.189. The van der Waals surface area contributed by atoms with Gasteiger partial charge in [0.15, 0.2) is 5.11 Å². The van der Waals surface area contributed by atoms with Crippen LogP contribution in [0.1, 0.15) is 11.1 Å². The van der Waals surface area contributed by atoms with Gasteiger partial charge in [0.2, 0.25) is 0 Å². The van der Waals surface area contributed by atoms with Crippen molar-refractivity contribution in [3.63, 3.8) is 0 Å². The molecule has 0 N–H and O–H groups in total. The second kappa shape index (κ2) is 9.19. The summed E-state index contributed by atoms with van der Waals surface area (Å²) in [6.45, 7) is 0.678. The molecule has 34 heavy (non-hydrogen) atoms. The molecule has 4 aromatic rings. The monoisotopic (exact) mass is 569 g/mol. The molecule has 170 valence electrons. The minimum atomic E-state index is -0.177. The van der Waals surface area contributed by atoms with E-state index in [4.69, 9.17) is 35.4 Å². The molecule has 1 saturated heterocycles. The van der Waals surface area contributed by atoms with Crippen LogP contribution in [0.4, 0.5) is 5.69 Å². The van der Waals surface area contributed by atoms with E-state index in [1.807, 2.05) is 43.5 Å². The molecule has 0 saturated carbocycles. The molecule has 3 aromatic carbocycles. The van der Waals surface area contributed by atoms with E-state index in [1.165, 1.54) is 4.90 Å². The Morgan fingerprint density at radius 1 is 0.971 bits per heavy atom. The molecule has 8 heteroatoms. The SMILES string of the molecule is CN1C(=S)N(c2ccc(Cl)cc2)C(=O)/C1=C/c1cn(Cc2ccc(Cl)cc2)c2ccc(Br)cc12. The molecular weight excluding hydrogens is 553 g/mol. The van der Waals surface area contributed by atoms with Crippen LogP contribution in [0.5, 0.6) is 0 Å². The van der Waals surface area contributed by atoms with Crippen molar-refractivity contribution < 1.29 is 4.79 Å². The lowest BCUT2D eigenvalue weighted by molar-refractivity contribution is -0.114. The molecule has 4 nitrogen and oxygen atoms in total. The van der Waals surface area contributed by atoms with Gasteiger partial charge in [0, 0.05) is 50.8 Å². The normalized spacial score (nSPS) is 15.2. The Balaban J connectivity index is 1.57. The van der Waals surface area contributed by atoms with Crippen LogP contribution in [0, 0.1) is 0 Å². The average molecular weight is 571 g/mol. The maximum Gasteiger partial charge on any atom is 0.281 e. The number of carbonyl (C=O) groups is 1. The number of fused-ring (bicyclic) bond motifs is 1. The van der Waals surface area contributed by atoms with Crippen LogP contribution in [-0.4, -0.2) is 27.5 Å². The van der Waals surface area contributed by atoms with Gasteiger partial charge in [-0.2, -0.15) is 0 Å². The van der Waals surface area contributed by atoms with Crippen LogP contribution >= 0.6 is 51.3 Å². The number of amides is 1. The van der Waals surface area contributed by atoms with Crippen LogP contribution in [0.25, 0.3) is 17.0 Å². The number of halogens is 3. The van der Waals surface area contributed by atoms with E-state index < -0.39 is 0 Å². The Hall–Kier alpha value is -2.64. The lowest BCUT2D eigenvalue weighted by Crippen LogP contribution is -2.31. The zero-order valence-corrected chi connectivity index (χ0v) is 21.9. The van der Waals surface area contributed by atoms with E-state index in [9.17, 15) is 4.79 Å². The maximum atomic E-state index is 13.4. The molecule has 0 radical (unpaired) electrons. The fraction of sp³-hybridized carbons (Fsp3) is 0.0769. The van der Waals surface area contributed by atoms with Gasteiger partial charge >= 0.3 is 0 Å². The highest BCUT2D eigenvalue weighted by molar-refractivity contribution is 9.10. The van der Waals surface area contributed by atoms with Gasteiger partial charge in [-0.15, -0.1) is 0 Å². The Labute approximate surface area is 221 Å². The Morgan fingerprint density at radius 3 is 2.29 bits per heavy atom. The second-order valence-corrected chi connectivity index (χ2v) is 10.1. The van der Waals surface area contributed by atoms with Crippen molar-refractivity contribution in [1.29, 1.82) is 0 Å². The van der Waals surface area contributed by atoms with Gasteiger partial charge in [0.1, 0.15) is 5.70 Å². The summed E-state index contributed by atoms with van der Waals surface area (Å²) in [6.07, 6.45) is 3.96. The van der Waals surface area contributed by atoms with E-state index in [2.05, 4.69) is 38.8 Å². The zero-order chi connectivity index (χ0) is 24.0. The first-order valence-corrected chi connectivity index (χ1v) is 12.4. The van der Waals surface area contributed by atoms with Crippen molar-refractivity contribution in [2.45, 2.75) is 6.54 Å². The molecule has 1 fully saturated rings. The molecule has 0 aliphatic carbocycles. The summed E-state index contributed by atoms with van der Waals surface area (Å²) < 4.78 is 3.14. The average Bonchev–Trinajstić information content (AvgIpc) is 3.25. The Bertz CT molecular complexity index is 1460. The summed E-state index contributed by atoms with van der Waals surface area (Å²) >= 11 is 21.3. The summed E-state index contributed by atoms with van der Waals surface area (Å²) in [5.74, 6) is -0.177. The van der Waals surface area contributed by atoms with Gasteiger partial charge in [-0.3, -0.25) is 9.69 Å². The fourth-order valence-electron chi connectivity index (χ4n) is 4.05. The minimum Gasteiger partial charge on any atom is -0.342 e. The first-order valence-electron chi connectivity index (χ1n) is 10.4. The van der Waals surface area contributed by atoms with E-state index in [1.54, 1.807) is 29.2 Å². The first kappa shape index (κ1) is 23.1. The number of hydrogen-bond donors (Lipinski definition) is 0. The highest BCUT2D eigenvalue weighted by Crippen LogP contribution is 2.32. The van der Waals surface area contributed by atoms with Crippen LogP contribution < -0.4 is 4.90 Å². The summed E-state index contributed by atoms with van der Waals surface area (Å²) in [7, 11) is 1.81. The van der Waals surface area contributed by atoms with Crippen molar-refractivity contribution in [3.8, 4) is 0 Å².